The molecule has 1 aromatic carbocycles. The third kappa shape index (κ3) is 1.85. The SMILES string of the molecule is CCC1=N[C@H](c2ccc(O)cc2O)N(O)C1(C)C. The van der Waals surface area contributed by atoms with Gasteiger partial charge in [-0.1, -0.05) is 6.92 Å². The van der Waals surface area contributed by atoms with Crippen molar-refractivity contribution in [3.8, 4) is 11.5 Å². The van der Waals surface area contributed by atoms with Gasteiger partial charge in [-0.15, -0.1) is 0 Å². The Bertz CT molecular complexity index is 497. The number of hydrogen-bond acceptors (Lipinski definition) is 5. The van der Waals surface area contributed by atoms with Crippen LogP contribution in [0.3, 0.4) is 0 Å². The summed E-state index contributed by atoms with van der Waals surface area (Å²) >= 11 is 0. The van der Waals surface area contributed by atoms with Crippen LogP contribution in [0.1, 0.15) is 38.9 Å². The van der Waals surface area contributed by atoms with E-state index in [1.807, 2.05) is 20.8 Å². The average Bonchev–Trinajstić information content (AvgIpc) is 2.52. The van der Waals surface area contributed by atoms with Crippen LogP contribution in [-0.2, 0) is 0 Å². The Kier molecular flexibility index (Phi) is 3.04. The van der Waals surface area contributed by atoms with Crippen LogP contribution in [0.5, 0.6) is 11.5 Å². The predicted molar refractivity (Wildman–Crippen MR) is 67.9 cm³/mol. The van der Waals surface area contributed by atoms with Crippen molar-refractivity contribution < 1.29 is 15.4 Å². The van der Waals surface area contributed by atoms with E-state index in [4.69, 9.17) is 0 Å². The molecular formula is C13H18N2O3. The van der Waals surface area contributed by atoms with E-state index in [-0.39, 0.29) is 11.5 Å². The van der Waals surface area contributed by atoms with Crippen molar-refractivity contribution in [2.75, 3.05) is 0 Å². The molecule has 1 aliphatic rings. The lowest BCUT2D eigenvalue weighted by Crippen LogP contribution is -2.43. The maximum absolute atomic E-state index is 10.2. The molecule has 0 aliphatic carbocycles. The zero-order valence-corrected chi connectivity index (χ0v) is 10.8. The first-order valence-electron chi connectivity index (χ1n) is 5.95. The summed E-state index contributed by atoms with van der Waals surface area (Å²) in [6.45, 7) is 5.74. The quantitative estimate of drug-likeness (QED) is 0.753. The molecular weight excluding hydrogens is 232 g/mol. The Labute approximate surface area is 106 Å². The van der Waals surface area contributed by atoms with Crippen molar-refractivity contribution in [3.05, 3.63) is 23.8 Å². The van der Waals surface area contributed by atoms with E-state index in [1.54, 1.807) is 6.07 Å². The first-order valence-corrected chi connectivity index (χ1v) is 5.95. The minimum Gasteiger partial charge on any atom is -0.508 e. The van der Waals surface area contributed by atoms with Crippen LogP contribution >= 0.6 is 0 Å². The van der Waals surface area contributed by atoms with Gasteiger partial charge in [0.2, 0.25) is 0 Å². The molecule has 2 rings (SSSR count). The van der Waals surface area contributed by atoms with E-state index < -0.39 is 11.7 Å². The van der Waals surface area contributed by atoms with Crippen molar-refractivity contribution in [2.45, 2.75) is 38.9 Å². The molecule has 0 saturated heterocycles. The highest BCUT2D eigenvalue weighted by Gasteiger charge is 2.42. The summed E-state index contributed by atoms with van der Waals surface area (Å²) < 4.78 is 0. The van der Waals surface area contributed by atoms with Crippen molar-refractivity contribution in [2.24, 2.45) is 4.99 Å². The van der Waals surface area contributed by atoms with Gasteiger partial charge in [-0.2, -0.15) is 5.06 Å². The normalized spacial score (nSPS) is 23.1. The van der Waals surface area contributed by atoms with Crippen molar-refractivity contribution >= 4 is 5.71 Å². The van der Waals surface area contributed by atoms with Crippen molar-refractivity contribution in [3.63, 3.8) is 0 Å². The molecule has 5 heteroatoms. The minimum absolute atomic E-state index is 0.0160. The maximum Gasteiger partial charge on any atom is 0.154 e. The van der Waals surface area contributed by atoms with Gasteiger partial charge >= 0.3 is 0 Å². The van der Waals surface area contributed by atoms with Gasteiger partial charge < -0.3 is 15.4 Å². The van der Waals surface area contributed by atoms with Gasteiger partial charge in [-0.05, 0) is 32.4 Å². The Balaban J connectivity index is 2.44. The predicted octanol–water partition coefficient (Wildman–Crippen LogP) is 2.43. The molecule has 0 aromatic heterocycles. The van der Waals surface area contributed by atoms with Gasteiger partial charge in [0.05, 0.1) is 5.54 Å². The standard InChI is InChI=1S/C13H18N2O3/c1-4-11-13(2,3)15(18)12(14-11)9-6-5-8(16)7-10(9)17/h5-7,12,16-18H,4H2,1-3H3/t12-/m0/s1. The smallest absolute Gasteiger partial charge is 0.154 e. The van der Waals surface area contributed by atoms with E-state index in [2.05, 4.69) is 4.99 Å². The van der Waals surface area contributed by atoms with Gasteiger partial charge in [0.1, 0.15) is 11.5 Å². The van der Waals surface area contributed by atoms with Crippen LogP contribution in [0.25, 0.3) is 0 Å². The van der Waals surface area contributed by atoms with E-state index >= 15 is 0 Å². The summed E-state index contributed by atoms with van der Waals surface area (Å²) in [4.78, 5) is 4.45. The molecule has 0 amide bonds. The van der Waals surface area contributed by atoms with E-state index in [0.29, 0.717) is 5.56 Å². The summed E-state index contributed by atoms with van der Waals surface area (Å²) in [5.41, 5.74) is 0.804. The van der Waals surface area contributed by atoms with E-state index in [0.717, 1.165) is 17.2 Å². The molecule has 1 heterocycles. The molecule has 0 radical (unpaired) electrons. The molecule has 98 valence electrons. The highest BCUT2D eigenvalue weighted by atomic mass is 16.5. The molecule has 0 fully saturated rings. The van der Waals surface area contributed by atoms with Gasteiger partial charge in [0.25, 0.3) is 0 Å². The monoisotopic (exact) mass is 250 g/mol. The van der Waals surface area contributed by atoms with Crippen molar-refractivity contribution in [1.29, 1.82) is 0 Å². The highest BCUT2D eigenvalue weighted by Crippen LogP contribution is 2.40. The van der Waals surface area contributed by atoms with Crippen LogP contribution in [0, 0.1) is 0 Å². The Hall–Kier alpha value is -1.59. The lowest BCUT2D eigenvalue weighted by Gasteiger charge is -2.30. The van der Waals surface area contributed by atoms with E-state index in [9.17, 15) is 15.4 Å². The molecule has 0 spiro atoms. The second-order valence-electron chi connectivity index (χ2n) is 4.95. The fourth-order valence-corrected chi connectivity index (χ4v) is 2.27. The molecule has 1 atom stereocenters. The van der Waals surface area contributed by atoms with Crippen LogP contribution in [0.2, 0.25) is 0 Å². The number of aromatic hydroxyl groups is 2. The third-order valence-electron chi connectivity index (χ3n) is 3.42. The first-order chi connectivity index (χ1) is 8.37. The summed E-state index contributed by atoms with van der Waals surface area (Å²) in [5, 5.41) is 30.5. The van der Waals surface area contributed by atoms with Crippen LogP contribution in [0.15, 0.2) is 23.2 Å². The number of hydrogen-bond donors (Lipinski definition) is 3. The minimum atomic E-state index is -0.629. The molecule has 0 bridgehead atoms. The third-order valence-corrected chi connectivity index (χ3v) is 3.42. The van der Waals surface area contributed by atoms with Crippen LogP contribution in [-0.4, -0.2) is 31.7 Å². The van der Waals surface area contributed by atoms with Gasteiger partial charge in [0.15, 0.2) is 6.17 Å². The topological polar surface area (TPSA) is 76.3 Å². The van der Waals surface area contributed by atoms with Crippen LogP contribution < -0.4 is 0 Å². The zero-order valence-electron chi connectivity index (χ0n) is 10.8. The maximum atomic E-state index is 10.2. The molecule has 0 unspecified atom stereocenters. The Morgan fingerprint density at radius 2 is 2.00 bits per heavy atom. The first kappa shape index (κ1) is 12.9. The molecule has 1 aliphatic heterocycles. The van der Waals surface area contributed by atoms with Gasteiger partial charge in [0, 0.05) is 17.3 Å². The number of hydroxylamine groups is 2. The molecule has 3 N–H and O–H groups in total. The number of aliphatic imine (C=N–C) groups is 1. The van der Waals surface area contributed by atoms with Crippen LogP contribution in [0.4, 0.5) is 0 Å². The Morgan fingerprint density at radius 3 is 2.50 bits per heavy atom. The largest absolute Gasteiger partial charge is 0.508 e. The lowest BCUT2D eigenvalue weighted by atomic mass is 9.97. The summed E-state index contributed by atoms with van der Waals surface area (Å²) in [6.07, 6.45) is 0.106. The summed E-state index contributed by atoms with van der Waals surface area (Å²) in [6, 6.07) is 4.28. The number of phenolic OH excluding ortho intramolecular Hbond substituents is 2. The average molecular weight is 250 g/mol. The fourth-order valence-electron chi connectivity index (χ4n) is 2.27. The number of phenols is 2. The number of nitrogens with zero attached hydrogens (tertiary/aromatic N) is 2. The van der Waals surface area contributed by atoms with E-state index in [1.165, 1.54) is 12.1 Å². The molecule has 18 heavy (non-hydrogen) atoms. The lowest BCUT2D eigenvalue weighted by molar-refractivity contribution is -0.160. The fraction of sp³-hybridized carbons (Fsp3) is 0.462. The second kappa shape index (κ2) is 4.26. The highest BCUT2D eigenvalue weighted by molar-refractivity contribution is 5.94. The zero-order chi connectivity index (χ0) is 13.5. The molecule has 5 nitrogen and oxygen atoms in total. The number of rotatable bonds is 2. The van der Waals surface area contributed by atoms with Crippen molar-refractivity contribution in [1.82, 2.24) is 5.06 Å². The number of benzene rings is 1. The van der Waals surface area contributed by atoms with Gasteiger partial charge in [-0.3, -0.25) is 4.99 Å². The summed E-state index contributed by atoms with van der Waals surface area (Å²) in [7, 11) is 0. The summed E-state index contributed by atoms with van der Waals surface area (Å²) in [5.74, 6) is -0.0892. The Morgan fingerprint density at radius 1 is 1.33 bits per heavy atom. The molecule has 1 aromatic rings. The second-order valence-corrected chi connectivity index (χ2v) is 4.95. The van der Waals surface area contributed by atoms with Gasteiger partial charge in [-0.25, -0.2) is 0 Å². The molecule has 0 saturated carbocycles.